The molecule has 2 heterocycles. The average Bonchev–Trinajstić information content (AvgIpc) is 2.61. The van der Waals surface area contributed by atoms with Crippen LogP contribution in [0.1, 0.15) is 46.6 Å². The van der Waals surface area contributed by atoms with Crippen molar-refractivity contribution in [3.05, 3.63) is 15.6 Å². The Labute approximate surface area is 99.8 Å². The lowest BCUT2D eigenvalue weighted by atomic mass is 10.1. The summed E-state index contributed by atoms with van der Waals surface area (Å²) in [5.74, 6) is 0.116. The van der Waals surface area contributed by atoms with Crippen LogP contribution in [0.4, 0.5) is 0 Å². The zero-order chi connectivity index (χ0) is 11.5. The monoisotopic (exact) mass is 239 g/mol. The van der Waals surface area contributed by atoms with E-state index in [-0.39, 0.29) is 5.78 Å². The minimum absolute atomic E-state index is 0.116. The van der Waals surface area contributed by atoms with E-state index in [0.29, 0.717) is 6.10 Å². The van der Waals surface area contributed by atoms with Crippen LogP contribution in [0.5, 0.6) is 0 Å². The van der Waals surface area contributed by atoms with E-state index in [1.165, 1.54) is 24.2 Å². The molecule has 0 aromatic carbocycles. The molecule has 1 aromatic heterocycles. The lowest BCUT2D eigenvalue weighted by molar-refractivity contribution is 0.0167. The van der Waals surface area contributed by atoms with Gasteiger partial charge in [-0.05, 0) is 26.2 Å². The molecule has 0 saturated carbocycles. The van der Waals surface area contributed by atoms with Crippen LogP contribution in [0.15, 0.2) is 0 Å². The molecular formula is C12H17NO2S. The van der Waals surface area contributed by atoms with E-state index < -0.39 is 0 Å². The van der Waals surface area contributed by atoms with Crippen LogP contribution in [0.25, 0.3) is 0 Å². The first-order chi connectivity index (χ1) is 7.66. The number of Topliss-reactive ketones (excluding diaryl/α,β-unsaturated/α-hetero) is 1. The van der Waals surface area contributed by atoms with Crippen LogP contribution in [-0.2, 0) is 11.2 Å². The fourth-order valence-electron chi connectivity index (χ4n) is 2.03. The van der Waals surface area contributed by atoms with Crippen molar-refractivity contribution in [1.29, 1.82) is 0 Å². The third-order valence-electron chi connectivity index (χ3n) is 2.84. The van der Waals surface area contributed by atoms with Crippen molar-refractivity contribution in [3.63, 3.8) is 0 Å². The zero-order valence-electron chi connectivity index (χ0n) is 9.78. The van der Waals surface area contributed by atoms with Crippen molar-refractivity contribution < 1.29 is 9.53 Å². The van der Waals surface area contributed by atoms with Gasteiger partial charge in [0.05, 0.1) is 21.7 Å². The molecule has 0 amide bonds. The summed E-state index contributed by atoms with van der Waals surface area (Å²) >= 11 is 1.52. The van der Waals surface area contributed by atoms with Gasteiger partial charge in [0.2, 0.25) is 0 Å². The number of carbonyl (C=O) groups excluding carboxylic acids is 1. The SMILES string of the molecule is CC(=O)c1sc(CC2CCCCO2)nc1C. The second kappa shape index (κ2) is 5.06. The van der Waals surface area contributed by atoms with Crippen molar-refractivity contribution in [3.8, 4) is 0 Å². The fraction of sp³-hybridized carbons (Fsp3) is 0.667. The van der Waals surface area contributed by atoms with Gasteiger partial charge in [-0.25, -0.2) is 4.98 Å². The average molecular weight is 239 g/mol. The lowest BCUT2D eigenvalue weighted by Crippen LogP contribution is -2.21. The highest BCUT2D eigenvalue weighted by Gasteiger charge is 2.18. The van der Waals surface area contributed by atoms with Gasteiger partial charge in [-0.3, -0.25) is 4.79 Å². The molecule has 88 valence electrons. The van der Waals surface area contributed by atoms with Crippen molar-refractivity contribution in [2.75, 3.05) is 6.61 Å². The van der Waals surface area contributed by atoms with E-state index in [1.807, 2.05) is 6.92 Å². The number of hydrogen-bond donors (Lipinski definition) is 0. The molecule has 1 atom stereocenters. The van der Waals surface area contributed by atoms with Crippen LogP contribution >= 0.6 is 11.3 Å². The van der Waals surface area contributed by atoms with Gasteiger partial charge in [-0.2, -0.15) is 0 Å². The number of aromatic nitrogens is 1. The molecule has 0 aliphatic carbocycles. The molecule has 1 aromatic rings. The van der Waals surface area contributed by atoms with E-state index in [0.717, 1.165) is 35.0 Å². The number of thiazole rings is 1. The summed E-state index contributed by atoms with van der Waals surface area (Å²) in [6.07, 6.45) is 4.70. The van der Waals surface area contributed by atoms with Crippen molar-refractivity contribution in [2.45, 2.75) is 45.6 Å². The Morgan fingerprint density at radius 2 is 2.38 bits per heavy atom. The van der Waals surface area contributed by atoms with E-state index in [2.05, 4.69) is 4.98 Å². The van der Waals surface area contributed by atoms with Crippen LogP contribution in [0.2, 0.25) is 0 Å². The highest BCUT2D eigenvalue weighted by Crippen LogP contribution is 2.23. The highest BCUT2D eigenvalue weighted by atomic mass is 32.1. The van der Waals surface area contributed by atoms with Crippen molar-refractivity contribution in [2.24, 2.45) is 0 Å². The first-order valence-corrected chi connectivity index (χ1v) is 6.57. The van der Waals surface area contributed by atoms with Gasteiger partial charge in [-0.15, -0.1) is 11.3 Å². The van der Waals surface area contributed by atoms with E-state index in [4.69, 9.17) is 4.74 Å². The lowest BCUT2D eigenvalue weighted by Gasteiger charge is -2.21. The van der Waals surface area contributed by atoms with E-state index in [9.17, 15) is 4.79 Å². The molecule has 0 N–H and O–H groups in total. The molecule has 1 aliphatic heterocycles. The fourth-order valence-corrected chi connectivity index (χ4v) is 3.05. The number of nitrogens with zero attached hydrogens (tertiary/aromatic N) is 1. The molecule has 16 heavy (non-hydrogen) atoms. The second-order valence-electron chi connectivity index (χ2n) is 4.27. The van der Waals surface area contributed by atoms with Gasteiger partial charge in [0.25, 0.3) is 0 Å². The van der Waals surface area contributed by atoms with Crippen molar-refractivity contribution in [1.82, 2.24) is 4.98 Å². The minimum Gasteiger partial charge on any atom is -0.378 e. The first-order valence-electron chi connectivity index (χ1n) is 5.75. The Hall–Kier alpha value is -0.740. The zero-order valence-corrected chi connectivity index (χ0v) is 10.6. The number of carbonyl (C=O) groups is 1. The minimum atomic E-state index is 0.116. The highest BCUT2D eigenvalue weighted by molar-refractivity contribution is 7.13. The number of rotatable bonds is 3. The third-order valence-corrected chi connectivity index (χ3v) is 4.12. The largest absolute Gasteiger partial charge is 0.378 e. The molecule has 0 radical (unpaired) electrons. The number of hydrogen-bond acceptors (Lipinski definition) is 4. The maximum Gasteiger partial charge on any atom is 0.171 e. The summed E-state index contributed by atoms with van der Waals surface area (Å²) in [4.78, 5) is 16.6. The molecule has 0 bridgehead atoms. The Morgan fingerprint density at radius 1 is 1.56 bits per heavy atom. The Kier molecular flexibility index (Phi) is 3.71. The van der Waals surface area contributed by atoms with Gasteiger partial charge >= 0.3 is 0 Å². The Bertz CT molecular complexity index is 380. The van der Waals surface area contributed by atoms with Crippen LogP contribution < -0.4 is 0 Å². The molecule has 1 fully saturated rings. The van der Waals surface area contributed by atoms with Crippen molar-refractivity contribution >= 4 is 17.1 Å². The summed E-state index contributed by atoms with van der Waals surface area (Å²) in [6.45, 7) is 4.37. The molecule has 4 heteroatoms. The predicted octanol–water partition coefficient (Wildman–Crippen LogP) is 2.77. The van der Waals surface area contributed by atoms with Gasteiger partial charge in [0, 0.05) is 20.0 Å². The van der Waals surface area contributed by atoms with E-state index >= 15 is 0 Å². The number of ketones is 1. The predicted molar refractivity (Wildman–Crippen MR) is 64.2 cm³/mol. The van der Waals surface area contributed by atoms with Gasteiger partial charge in [-0.1, -0.05) is 0 Å². The van der Waals surface area contributed by atoms with Gasteiger partial charge in [0.15, 0.2) is 5.78 Å². The smallest absolute Gasteiger partial charge is 0.171 e. The molecule has 2 rings (SSSR count). The summed E-state index contributed by atoms with van der Waals surface area (Å²) in [6, 6.07) is 0. The first kappa shape index (κ1) is 11.7. The molecular weight excluding hydrogens is 222 g/mol. The summed E-state index contributed by atoms with van der Waals surface area (Å²) in [5, 5.41) is 1.04. The molecule has 1 unspecified atom stereocenters. The van der Waals surface area contributed by atoms with Gasteiger partial charge in [0.1, 0.15) is 0 Å². The molecule has 1 aliphatic rings. The van der Waals surface area contributed by atoms with Gasteiger partial charge < -0.3 is 4.74 Å². The molecule has 3 nitrogen and oxygen atoms in total. The van der Waals surface area contributed by atoms with E-state index in [1.54, 1.807) is 6.92 Å². The number of ether oxygens (including phenoxy) is 1. The summed E-state index contributed by atoms with van der Waals surface area (Å²) < 4.78 is 5.67. The molecule has 0 spiro atoms. The maximum absolute atomic E-state index is 11.3. The third kappa shape index (κ3) is 2.68. The van der Waals surface area contributed by atoms with Crippen LogP contribution in [-0.4, -0.2) is 23.5 Å². The summed E-state index contributed by atoms with van der Waals surface area (Å²) in [7, 11) is 0. The van der Waals surface area contributed by atoms with Crippen LogP contribution in [0.3, 0.4) is 0 Å². The normalized spacial score (nSPS) is 21.0. The quantitative estimate of drug-likeness (QED) is 0.761. The Morgan fingerprint density at radius 3 is 2.94 bits per heavy atom. The number of aryl methyl sites for hydroxylation is 1. The molecule has 1 saturated heterocycles. The standard InChI is InChI=1S/C12H17NO2S/c1-8-12(9(2)14)16-11(13-8)7-10-5-3-4-6-15-10/h10H,3-7H2,1-2H3. The topological polar surface area (TPSA) is 39.2 Å². The second-order valence-corrected chi connectivity index (χ2v) is 5.35. The Balaban J connectivity index is 2.03. The maximum atomic E-state index is 11.3. The summed E-state index contributed by atoms with van der Waals surface area (Å²) in [5.41, 5.74) is 0.864. The van der Waals surface area contributed by atoms with Crippen LogP contribution in [0, 0.1) is 6.92 Å².